The maximum absolute atomic E-state index is 13.4. The second kappa shape index (κ2) is 8.51. The molecule has 0 fully saturated rings. The van der Waals surface area contributed by atoms with Crippen LogP contribution in [0.25, 0.3) is 16.7 Å². The van der Waals surface area contributed by atoms with Gasteiger partial charge in [-0.3, -0.25) is 4.79 Å². The summed E-state index contributed by atoms with van der Waals surface area (Å²) in [7, 11) is 0. The minimum Gasteiger partial charge on any atom is -0.321 e. The molecule has 6 nitrogen and oxygen atoms in total. The number of fused-ring (bicyclic) bond motifs is 4. The summed E-state index contributed by atoms with van der Waals surface area (Å²) < 4.78 is 43.6. The van der Waals surface area contributed by atoms with Crippen molar-refractivity contribution >= 4 is 28.3 Å². The van der Waals surface area contributed by atoms with E-state index in [1.165, 1.54) is 11.8 Å². The third kappa shape index (κ3) is 4.00. The van der Waals surface area contributed by atoms with Gasteiger partial charge in [-0.25, -0.2) is 9.97 Å². The van der Waals surface area contributed by atoms with Crippen molar-refractivity contribution in [1.29, 1.82) is 0 Å². The molecule has 0 saturated carbocycles. The molecule has 0 bridgehead atoms. The van der Waals surface area contributed by atoms with Gasteiger partial charge >= 0.3 is 6.18 Å². The Kier molecular flexibility index (Phi) is 5.28. The maximum atomic E-state index is 13.4. The van der Waals surface area contributed by atoms with Crippen molar-refractivity contribution in [3.8, 4) is 0 Å². The van der Waals surface area contributed by atoms with E-state index in [-0.39, 0.29) is 17.6 Å². The van der Waals surface area contributed by atoms with E-state index in [1.807, 2.05) is 48.7 Å². The number of rotatable bonds is 4. The van der Waals surface area contributed by atoms with E-state index in [4.69, 9.17) is 4.98 Å². The SMILES string of the molecule is O=C(Nc1ccn2c3c(nc2c1)CCCC3)c1cc2cc(C(F)(F)F)cnc2n1Cc1ccccc1. The van der Waals surface area contributed by atoms with Gasteiger partial charge in [0.2, 0.25) is 0 Å². The first-order valence-corrected chi connectivity index (χ1v) is 11.8. The molecule has 4 aromatic heterocycles. The fraction of sp³-hybridized carbons (Fsp3) is 0.222. The monoisotopic (exact) mass is 489 g/mol. The Hall–Kier alpha value is -4.14. The highest BCUT2D eigenvalue weighted by atomic mass is 19.4. The van der Waals surface area contributed by atoms with Crippen LogP contribution >= 0.6 is 0 Å². The summed E-state index contributed by atoms with van der Waals surface area (Å²) in [4.78, 5) is 22.2. The Labute approximate surface area is 204 Å². The lowest BCUT2D eigenvalue weighted by Gasteiger charge is -2.12. The highest BCUT2D eigenvalue weighted by Gasteiger charge is 2.32. The number of nitrogens with zero attached hydrogens (tertiary/aromatic N) is 4. The van der Waals surface area contributed by atoms with E-state index >= 15 is 0 Å². The van der Waals surface area contributed by atoms with E-state index < -0.39 is 17.6 Å². The van der Waals surface area contributed by atoms with Crippen LogP contribution in [0.4, 0.5) is 18.9 Å². The molecule has 1 aliphatic rings. The molecule has 1 aromatic carbocycles. The maximum Gasteiger partial charge on any atom is 0.417 e. The average molecular weight is 490 g/mol. The van der Waals surface area contributed by atoms with E-state index in [1.54, 1.807) is 4.57 Å². The fourth-order valence-corrected chi connectivity index (χ4v) is 4.88. The Bertz CT molecular complexity index is 1600. The first-order valence-electron chi connectivity index (χ1n) is 11.8. The zero-order chi connectivity index (χ0) is 24.9. The van der Waals surface area contributed by atoms with Crippen molar-refractivity contribution in [2.24, 2.45) is 0 Å². The van der Waals surface area contributed by atoms with E-state index in [0.717, 1.165) is 54.9 Å². The molecule has 0 atom stereocenters. The van der Waals surface area contributed by atoms with Crippen LogP contribution in [0.3, 0.4) is 0 Å². The molecule has 0 spiro atoms. The van der Waals surface area contributed by atoms with Gasteiger partial charge in [-0.15, -0.1) is 0 Å². The van der Waals surface area contributed by atoms with Crippen LogP contribution in [0, 0.1) is 0 Å². The second-order valence-corrected chi connectivity index (χ2v) is 9.05. The number of carbonyl (C=O) groups excluding carboxylic acids is 1. The average Bonchev–Trinajstić information content (AvgIpc) is 3.41. The van der Waals surface area contributed by atoms with E-state index in [0.29, 0.717) is 11.3 Å². The van der Waals surface area contributed by atoms with Crippen molar-refractivity contribution in [2.45, 2.75) is 38.4 Å². The van der Waals surface area contributed by atoms with Crippen LogP contribution in [0.15, 0.2) is 67.0 Å². The number of alkyl halides is 3. The summed E-state index contributed by atoms with van der Waals surface area (Å²) in [5, 5.41) is 3.15. The topological polar surface area (TPSA) is 64.2 Å². The fourth-order valence-electron chi connectivity index (χ4n) is 4.88. The molecule has 182 valence electrons. The summed E-state index contributed by atoms with van der Waals surface area (Å²) in [6.45, 7) is 0.289. The molecular formula is C27H22F3N5O. The van der Waals surface area contributed by atoms with Crippen LogP contribution in [0.1, 0.15) is 45.8 Å². The number of aromatic nitrogens is 4. The van der Waals surface area contributed by atoms with Gasteiger partial charge in [0.1, 0.15) is 17.0 Å². The third-order valence-electron chi connectivity index (χ3n) is 6.62. The zero-order valence-corrected chi connectivity index (χ0v) is 19.2. The van der Waals surface area contributed by atoms with Crippen molar-refractivity contribution in [1.82, 2.24) is 18.9 Å². The second-order valence-electron chi connectivity index (χ2n) is 9.05. The molecule has 9 heteroatoms. The van der Waals surface area contributed by atoms with Crippen LogP contribution in [0.5, 0.6) is 0 Å². The predicted molar refractivity (Wildman–Crippen MR) is 130 cm³/mol. The number of hydrogen-bond acceptors (Lipinski definition) is 3. The Morgan fingerprint density at radius 3 is 2.64 bits per heavy atom. The van der Waals surface area contributed by atoms with Gasteiger partial charge in [0.25, 0.3) is 5.91 Å². The van der Waals surface area contributed by atoms with Crippen LogP contribution in [-0.4, -0.2) is 24.8 Å². The summed E-state index contributed by atoms with van der Waals surface area (Å²) in [5.74, 6) is -0.432. The van der Waals surface area contributed by atoms with Gasteiger partial charge in [-0.2, -0.15) is 13.2 Å². The standard InChI is InChI=1S/C27H22F3N5O/c28-27(29,30)19-12-18-13-23(35(25(18)31-15-19)16-17-6-2-1-3-7-17)26(36)32-20-10-11-34-22-9-5-4-8-21(22)33-24(34)14-20/h1-3,6-7,10-15H,4-5,8-9,16H2,(H,32,36). The van der Waals surface area contributed by atoms with Gasteiger partial charge in [-0.05, 0) is 49.4 Å². The van der Waals surface area contributed by atoms with Gasteiger partial charge in [-0.1, -0.05) is 30.3 Å². The minimum atomic E-state index is -4.52. The quantitative estimate of drug-likeness (QED) is 0.343. The van der Waals surface area contributed by atoms with E-state index in [9.17, 15) is 18.0 Å². The minimum absolute atomic E-state index is 0.225. The molecule has 36 heavy (non-hydrogen) atoms. The number of imidazole rings is 1. The van der Waals surface area contributed by atoms with Gasteiger partial charge < -0.3 is 14.3 Å². The number of hydrogen-bond donors (Lipinski definition) is 1. The highest BCUT2D eigenvalue weighted by Crippen LogP contribution is 2.32. The smallest absolute Gasteiger partial charge is 0.321 e. The molecule has 4 heterocycles. The number of halogens is 3. The highest BCUT2D eigenvalue weighted by molar-refractivity contribution is 6.06. The number of aryl methyl sites for hydroxylation is 2. The van der Waals surface area contributed by atoms with Crippen molar-refractivity contribution in [2.75, 3.05) is 5.32 Å². The molecule has 0 saturated heterocycles. The summed E-state index contributed by atoms with van der Waals surface area (Å²) in [5.41, 5.74) is 4.22. The summed E-state index contributed by atoms with van der Waals surface area (Å²) in [6.07, 6.45) is 2.37. The Morgan fingerprint density at radius 1 is 1.03 bits per heavy atom. The lowest BCUT2D eigenvalue weighted by molar-refractivity contribution is -0.137. The van der Waals surface area contributed by atoms with Crippen LogP contribution in [-0.2, 0) is 25.6 Å². The van der Waals surface area contributed by atoms with Gasteiger partial charge in [0, 0.05) is 41.8 Å². The molecular weight excluding hydrogens is 467 g/mol. The first-order chi connectivity index (χ1) is 17.4. The van der Waals surface area contributed by atoms with Crippen LogP contribution < -0.4 is 5.32 Å². The summed E-state index contributed by atoms with van der Waals surface area (Å²) in [6, 6.07) is 15.5. The van der Waals surface area contributed by atoms with Gasteiger partial charge in [0.05, 0.1) is 11.3 Å². The number of nitrogens with one attached hydrogen (secondary N) is 1. The number of carbonyl (C=O) groups is 1. The lowest BCUT2D eigenvalue weighted by atomic mass is 10.0. The van der Waals surface area contributed by atoms with Crippen molar-refractivity contribution in [3.05, 3.63) is 95.2 Å². The van der Waals surface area contributed by atoms with Crippen molar-refractivity contribution in [3.63, 3.8) is 0 Å². The molecule has 0 unspecified atom stereocenters. The number of amides is 1. The summed E-state index contributed by atoms with van der Waals surface area (Å²) >= 11 is 0. The predicted octanol–water partition coefficient (Wildman–Crippen LogP) is 5.88. The molecule has 1 amide bonds. The largest absolute Gasteiger partial charge is 0.417 e. The van der Waals surface area contributed by atoms with Gasteiger partial charge in [0.15, 0.2) is 0 Å². The molecule has 1 aliphatic carbocycles. The van der Waals surface area contributed by atoms with Crippen LogP contribution in [0.2, 0.25) is 0 Å². The van der Waals surface area contributed by atoms with E-state index in [2.05, 4.69) is 14.7 Å². The molecule has 1 N–H and O–H groups in total. The van der Waals surface area contributed by atoms with Crippen molar-refractivity contribution < 1.29 is 18.0 Å². The Morgan fingerprint density at radius 2 is 1.83 bits per heavy atom. The number of anilines is 1. The molecule has 6 rings (SSSR count). The molecule has 0 radical (unpaired) electrons. The zero-order valence-electron chi connectivity index (χ0n) is 19.2. The first kappa shape index (κ1) is 22.3. The lowest BCUT2D eigenvalue weighted by Crippen LogP contribution is -2.18. The Balaban J connectivity index is 1.38. The third-order valence-corrected chi connectivity index (χ3v) is 6.62. The molecule has 5 aromatic rings. The number of pyridine rings is 2. The normalized spacial score (nSPS) is 13.8. The molecule has 0 aliphatic heterocycles. The number of benzene rings is 1.